The summed E-state index contributed by atoms with van der Waals surface area (Å²) in [6, 6.07) is 14.3. The first kappa shape index (κ1) is 12.1. The highest BCUT2D eigenvalue weighted by Crippen LogP contribution is 2.36. The van der Waals surface area contributed by atoms with Gasteiger partial charge >= 0.3 is 0 Å². The van der Waals surface area contributed by atoms with E-state index in [4.69, 9.17) is 0 Å². The first-order valence-corrected chi connectivity index (χ1v) is 6.86. The van der Waals surface area contributed by atoms with Crippen molar-refractivity contribution >= 4 is 5.78 Å². The van der Waals surface area contributed by atoms with Crippen molar-refractivity contribution in [3.05, 3.63) is 54.2 Å². The molecule has 1 aliphatic rings. The summed E-state index contributed by atoms with van der Waals surface area (Å²) < 4.78 is 0. The Kier molecular flexibility index (Phi) is 3.41. The quantitative estimate of drug-likeness (QED) is 0.808. The van der Waals surface area contributed by atoms with Gasteiger partial charge in [0, 0.05) is 24.6 Å². The summed E-state index contributed by atoms with van der Waals surface area (Å²) in [5, 5.41) is 0. The molecule has 2 nitrogen and oxygen atoms in total. The Bertz CT molecular complexity index is 577. The Labute approximate surface area is 113 Å². The number of ketones is 1. The van der Waals surface area contributed by atoms with Gasteiger partial charge in [0.1, 0.15) is 5.78 Å². The highest BCUT2D eigenvalue weighted by Gasteiger charge is 2.23. The van der Waals surface area contributed by atoms with Gasteiger partial charge in [-0.25, -0.2) is 0 Å². The molecular formula is C17H17NO. The number of benzene rings is 1. The van der Waals surface area contributed by atoms with Gasteiger partial charge in [0.05, 0.1) is 5.69 Å². The lowest BCUT2D eigenvalue weighted by atomic mass is 9.81. The van der Waals surface area contributed by atoms with Crippen LogP contribution in [0.25, 0.3) is 11.3 Å². The molecule has 96 valence electrons. The molecule has 1 aromatic carbocycles. The molecule has 0 bridgehead atoms. The molecule has 1 fully saturated rings. The second-order valence-corrected chi connectivity index (χ2v) is 5.13. The molecule has 1 aliphatic carbocycles. The summed E-state index contributed by atoms with van der Waals surface area (Å²) in [6.07, 6.45) is 5.37. The van der Waals surface area contributed by atoms with Gasteiger partial charge in [-0.2, -0.15) is 0 Å². The van der Waals surface area contributed by atoms with Gasteiger partial charge in [-0.1, -0.05) is 30.3 Å². The van der Waals surface area contributed by atoms with Gasteiger partial charge in [-0.05, 0) is 36.5 Å². The zero-order chi connectivity index (χ0) is 13.1. The minimum absolute atomic E-state index is 0.361. The highest BCUT2D eigenvalue weighted by atomic mass is 16.1. The fourth-order valence-electron chi connectivity index (χ4n) is 2.90. The highest BCUT2D eigenvalue weighted by molar-refractivity contribution is 5.80. The normalized spacial score (nSPS) is 19.4. The number of aromatic nitrogens is 1. The van der Waals surface area contributed by atoms with Crippen LogP contribution in [0.3, 0.4) is 0 Å². The van der Waals surface area contributed by atoms with E-state index in [1.807, 2.05) is 30.5 Å². The lowest BCUT2D eigenvalue weighted by Gasteiger charge is -2.23. The molecule has 1 aromatic heterocycles. The van der Waals surface area contributed by atoms with Crippen molar-refractivity contribution in [2.45, 2.75) is 31.6 Å². The van der Waals surface area contributed by atoms with E-state index in [0.717, 1.165) is 25.0 Å². The van der Waals surface area contributed by atoms with Crippen molar-refractivity contribution in [3.63, 3.8) is 0 Å². The van der Waals surface area contributed by atoms with Crippen molar-refractivity contribution in [1.29, 1.82) is 0 Å². The molecule has 0 saturated heterocycles. The van der Waals surface area contributed by atoms with Crippen molar-refractivity contribution in [3.8, 4) is 11.3 Å². The average Bonchev–Trinajstić information content (AvgIpc) is 2.48. The van der Waals surface area contributed by atoms with Gasteiger partial charge in [0.25, 0.3) is 0 Å². The van der Waals surface area contributed by atoms with Crippen LogP contribution in [0.4, 0.5) is 0 Å². The smallest absolute Gasteiger partial charge is 0.133 e. The van der Waals surface area contributed by atoms with E-state index in [1.165, 1.54) is 11.1 Å². The van der Waals surface area contributed by atoms with E-state index in [0.29, 0.717) is 18.1 Å². The molecule has 0 aliphatic heterocycles. The number of pyridine rings is 1. The largest absolute Gasteiger partial charge is 0.300 e. The Morgan fingerprint density at radius 1 is 1.05 bits per heavy atom. The van der Waals surface area contributed by atoms with Gasteiger partial charge in [-0.3, -0.25) is 9.78 Å². The van der Waals surface area contributed by atoms with E-state index in [2.05, 4.69) is 23.2 Å². The molecular weight excluding hydrogens is 234 g/mol. The van der Waals surface area contributed by atoms with Crippen molar-refractivity contribution < 1.29 is 4.79 Å². The van der Waals surface area contributed by atoms with Gasteiger partial charge < -0.3 is 0 Å². The topological polar surface area (TPSA) is 30.0 Å². The van der Waals surface area contributed by atoms with Crippen molar-refractivity contribution in [2.24, 2.45) is 0 Å². The Morgan fingerprint density at radius 3 is 2.68 bits per heavy atom. The van der Waals surface area contributed by atoms with Crippen LogP contribution in [0.15, 0.2) is 48.7 Å². The summed E-state index contributed by atoms with van der Waals surface area (Å²) in [6.45, 7) is 0. The number of Topliss-reactive ketones (excluding diaryl/α,β-unsaturated/α-hetero) is 1. The summed E-state index contributed by atoms with van der Waals surface area (Å²) in [4.78, 5) is 16.1. The molecule has 0 radical (unpaired) electrons. The van der Waals surface area contributed by atoms with Crippen LogP contribution < -0.4 is 0 Å². The zero-order valence-electron chi connectivity index (χ0n) is 10.9. The van der Waals surface area contributed by atoms with Crippen LogP contribution in [-0.2, 0) is 4.79 Å². The minimum Gasteiger partial charge on any atom is -0.300 e. The predicted molar refractivity (Wildman–Crippen MR) is 75.9 cm³/mol. The maximum atomic E-state index is 11.7. The fraction of sp³-hybridized carbons (Fsp3) is 0.294. The molecule has 19 heavy (non-hydrogen) atoms. The Balaban J connectivity index is 2.00. The van der Waals surface area contributed by atoms with Crippen LogP contribution in [-0.4, -0.2) is 10.8 Å². The molecule has 2 aromatic rings. The maximum absolute atomic E-state index is 11.7. The number of hydrogen-bond donors (Lipinski definition) is 0. The van der Waals surface area contributed by atoms with E-state index in [9.17, 15) is 4.79 Å². The van der Waals surface area contributed by atoms with Gasteiger partial charge in [0.15, 0.2) is 0 Å². The minimum atomic E-state index is 0.361. The zero-order valence-corrected chi connectivity index (χ0v) is 10.9. The second-order valence-electron chi connectivity index (χ2n) is 5.13. The van der Waals surface area contributed by atoms with Crippen LogP contribution in [0.1, 0.15) is 37.2 Å². The first-order valence-electron chi connectivity index (χ1n) is 6.86. The monoisotopic (exact) mass is 251 g/mol. The number of carbonyl (C=O) groups is 1. The Morgan fingerprint density at radius 2 is 1.89 bits per heavy atom. The Hall–Kier alpha value is -1.96. The van der Waals surface area contributed by atoms with Crippen molar-refractivity contribution in [2.75, 3.05) is 0 Å². The fourth-order valence-corrected chi connectivity index (χ4v) is 2.90. The predicted octanol–water partition coefficient (Wildman–Crippen LogP) is 3.98. The van der Waals surface area contributed by atoms with Gasteiger partial charge in [-0.15, -0.1) is 0 Å². The molecule has 0 spiro atoms. The average molecular weight is 251 g/mol. The number of rotatable bonds is 2. The second kappa shape index (κ2) is 5.35. The molecule has 1 saturated carbocycles. The number of nitrogens with zero attached hydrogens (tertiary/aromatic N) is 1. The number of carbonyl (C=O) groups excluding carboxylic acids is 1. The third-order valence-electron chi connectivity index (χ3n) is 3.82. The maximum Gasteiger partial charge on any atom is 0.133 e. The lowest BCUT2D eigenvalue weighted by molar-refractivity contribution is -0.120. The van der Waals surface area contributed by atoms with Gasteiger partial charge in [0.2, 0.25) is 0 Å². The summed E-state index contributed by atoms with van der Waals surface area (Å²) in [5.41, 5.74) is 3.44. The molecule has 0 amide bonds. The summed E-state index contributed by atoms with van der Waals surface area (Å²) in [7, 11) is 0. The molecule has 1 heterocycles. The van der Waals surface area contributed by atoms with Crippen LogP contribution in [0, 0.1) is 0 Å². The molecule has 1 atom stereocenters. The van der Waals surface area contributed by atoms with Crippen molar-refractivity contribution in [1.82, 2.24) is 4.98 Å². The first-order chi connectivity index (χ1) is 9.34. The third-order valence-corrected chi connectivity index (χ3v) is 3.82. The summed E-state index contributed by atoms with van der Waals surface area (Å²) in [5.74, 6) is 0.756. The molecule has 0 unspecified atom stereocenters. The molecule has 0 N–H and O–H groups in total. The third kappa shape index (κ3) is 2.58. The molecule has 2 heteroatoms. The van der Waals surface area contributed by atoms with Crippen LogP contribution >= 0.6 is 0 Å². The summed E-state index contributed by atoms with van der Waals surface area (Å²) >= 11 is 0. The van der Waals surface area contributed by atoms with Crippen LogP contribution in [0.2, 0.25) is 0 Å². The van der Waals surface area contributed by atoms with E-state index >= 15 is 0 Å². The standard InChI is InChI=1S/C17H17NO/c19-14-7-5-6-13(12-14)15-8-1-2-9-16(15)17-10-3-4-11-18-17/h1-4,8-11,13H,5-7,12H2/t13-/m1/s1. The molecule has 3 rings (SSSR count). The van der Waals surface area contributed by atoms with E-state index in [1.54, 1.807) is 0 Å². The van der Waals surface area contributed by atoms with Crippen LogP contribution in [0.5, 0.6) is 0 Å². The van der Waals surface area contributed by atoms with E-state index in [-0.39, 0.29) is 0 Å². The lowest BCUT2D eigenvalue weighted by Crippen LogP contribution is -2.14. The SMILES string of the molecule is O=C1CCC[C@@H](c2ccccc2-c2ccccn2)C1. The number of hydrogen-bond acceptors (Lipinski definition) is 2. The van der Waals surface area contributed by atoms with E-state index < -0.39 is 0 Å².